The Morgan fingerprint density at radius 1 is 1.06 bits per heavy atom. The van der Waals surface area contributed by atoms with Crippen LogP contribution in [0.2, 0.25) is 0 Å². The highest BCUT2D eigenvalue weighted by atomic mass is 14.9. The van der Waals surface area contributed by atoms with Crippen LogP contribution in [0.1, 0.15) is 37.8 Å². The Balaban J connectivity index is 2.38. The molecule has 0 aliphatic rings. The van der Waals surface area contributed by atoms with E-state index in [0.29, 0.717) is 0 Å². The third kappa shape index (κ3) is 4.79. The second-order valence-electron chi connectivity index (χ2n) is 5.69. The summed E-state index contributed by atoms with van der Waals surface area (Å²) in [7, 11) is 2.01. The van der Waals surface area contributed by atoms with E-state index >= 15 is 0 Å². The molecular formula is C16H28N2. The molecule has 0 saturated carbocycles. The van der Waals surface area contributed by atoms with Gasteiger partial charge in [0.15, 0.2) is 0 Å². The van der Waals surface area contributed by atoms with Crippen molar-refractivity contribution in [3.63, 3.8) is 0 Å². The fourth-order valence-electron chi connectivity index (χ4n) is 2.38. The molecule has 18 heavy (non-hydrogen) atoms. The van der Waals surface area contributed by atoms with Gasteiger partial charge < -0.3 is 10.6 Å². The predicted octanol–water partition coefficient (Wildman–Crippen LogP) is 2.86. The normalized spacial score (nSPS) is 11.8. The van der Waals surface area contributed by atoms with Crippen molar-refractivity contribution >= 4 is 0 Å². The number of rotatable bonds is 8. The summed E-state index contributed by atoms with van der Waals surface area (Å²) in [4.78, 5) is 0. The lowest BCUT2D eigenvalue weighted by Gasteiger charge is -2.27. The molecule has 2 nitrogen and oxygen atoms in total. The monoisotopic (exact) mass is 248 g/mol. The quantitative estimate of drug-likeness (QED) is 0.691. The summed E-state index contributed by atoms with van der Waals surface area (Å²) >= 11 is 0. The van der Waals surface area contributed by atoms with Gasteiger partial charge in [0.1, 0.15) is 0 Å². The molecule has 2 heteroatoms. The second-order valence-corrected chi connectivity index (χ2v) is 5.69. The van der Waals surface area contributed by atoms with E-state index in [0.717, 1.165) is 19.6 Å². The maximum Gasteiger partial charge on any atom is 0.00432 e. The third-order valence-corrected chi connectivity index (χ3v) is 3.47. The molecule has 0 heterocycles. The Kier molecular flexibility index (Phi) is 6.37. The van der Waals surface area contributed by atoms with Gasteiger partial charge in [-0.2, -0.15) is 0 Å². The van der Waals surface area contributed by atoms with Gasteiger partial charge in [-0.05, 0) is 51.0 Å². The smallest absolute Gasteiger partial charge is 0.00432 e. The van der Waals surface area contributed by atoms with Crippen LogP contribution in [0, 0.1) is 6.92 Å². The molecule has 0 atom stereocenters. The minimum absolute atomic E-state index is 0.203. The van der Waals surface area contributed by atoms with E-state index in [1.165, 1.54) is 24.0 Å². The van der Waals surface area contributed by atoms with Crippen LogP contribution in [0.5, 0.6) is 0 Å². The third-order valence-electron chi connectivity index (χ3n) is 3.47. The van der Waals surface area contributed by atoms with E-state index < -0.39 is 0 Å². The van der Waals surface area contributed by atoms with Crippen molar-refractivity contribution < 1.29 is 0 Å². The Labute approximate surface area is 112 Å². The number of hydrogen-bond acceptors (Lipinski definition) is 2. The van der Waals surface area contributed by atoms with Crippen LogP contribution in [-0.4, -0.2) is 26.7 Å². The van der Waals surface area contributed by atoms with Crippen molar-refractivity contribution in [1.29, 1.82) is 0 Å². The first-order chi connectivity index (χ1) is 8.58. The van der Waals surface area contributed by atoms with Gasteiger partial charge in [0.2, 0.25) is 0 Å². The molecule has 1 aromatic rings. The fraction of sp³-hybridized carbons (Fsp3) is 0.625. The average molecular weight is 248 g/mol. The van der Waals surface area contributed by atoms with Gasteiger partial charge in [0.05, 0.1) is 0 Å². The van der Waals surface area contributed by atoms with Crippen LogP contribution in [0.25, 0.3) is 0 Å². The van der Waals surface area contributed by atoms with Crippen molar-refractivity contribution in [1.82, 2.24) is 10.6 Å². The largest absolute Gasteiger partial charge is 0.320 e. The predicted molar refractivity (Wildman–Crippen MR) is 80.2 cm³/mol. The highest BCUT2D eigenvalue weighted by Gasteiger charge is 2.21. The summed E-state index contributed by atoms with van der Waals surface area (Å²) in [5.41, 5.74) is 3.04. The molecule has 0 fully saturated rings. The van der Waals surface area contributed by atoms with E-state index in [1.807, 2.05) is 7.05 Å². The maximum absolute atomic E-state index is 3.58. The zero-order chi connectivity index (χ0) is 13.4. The standard InChI is InChI=1S/C16H28N2/c1-14-9-5-6-10-15(14)16(2,3)13-18-12-8-7-11-17-4/h5-6,9-10,17-18H,7-8,11-13H2,1-4H3. The molecule has 0 radical (unpaired) electrons. The number of benzene rings is 1. The first kappa shape index (κ1) is 15.2. The fourth-order valence-corrected chi connectivity index (χ4v) is 2.38. The van der Waals surface area contributed by atoms with Gasteiger partial charge >= 0.3 is 0 Å². The van der Waals surface area contributed by atoms with Crippen LogP contribution in [0.15, 0.2) is 24.3 Å². The zero-order valence-electron chi connectivity index (χ0n) is 12.3. The first-order valence-corrected chi connectivity index (χ1v) is 6.99. The van der Waals surface area contributed by atoms with Crippen molar-refractivity contribution in [3.8, 4) is 0 Å². The van der Waals surface area contributed by atoms with Gasteiger partial charge in [-0.3, -0.25) is 0 Å². The van der Waals surface area contributed by atoms with E-state index in [1.54, 1.807) is 0 Å². The van der Waals surface area contributed by atoms with Gasteiger partial charge in [0.25, 0.3) is 0 Å². The number of hydrogen-bond donors (Lipinski definition) is 2. The summed E-state index contributed by atoms with van der Waals surface area (Å²) in [6, 6.07) is 8.69. The molecule has 0 amide bonds. The minimum atomic E-state index is 0.203. The summed E-state index contributed by atoms with van der Waals surface area (Å²) in [5.74, 6) is 0. The van der Waals surface area contributed by atoms with Crippen LogP contribution < -0.4 is 10.6 Å². The summed E-state index contributed by atoms with van der Waals surface area (Å²) < 4.78 is 0. The molecule has 0 aliphatic carbocycles. The van der Waals surface area contributed by atoms with Gasteiger partial charge in [-0.25, -0.2) is 0 Å². The van der Waals surface area contributed by atoms with E-state index in [2.05, 4.69) is 55.7 Å². The zero-order valence-corrected chi connectivity index (χ0v) is 12.3. The van der Waals surface area contributed by atoms with Gasteiger partial charge in [-0.1, -0.05) is 38.1 Å². The topological polar surface area (TPSA) is 24.1 Å². The van der Waals surface area contributed by atoms with Crippen molar-refractivity contribution in [2.24, 2.45) is 0 Å². The number of aryl methyl sites for hydroxylation is 1. The van der Waals surface area contributed by atoms with Crippen LogP contribution >= 0.6 is 0 Å². The van der Waals surface area contributed by atoms with Crippen LogP contribution in [0.4, 0.5) is 0 Å². The molecule has 0 aromatic heterocycles. The molecule has 0 spiro atoms. The second kappa shape index (κ2) is 7.55. The highest BCUT2D eigenvalue weighted by molar-refractivity contribution is 5.32. The molecule has 102 valence electrons. The summed E-state index contributed by atoms with van der Waals surface area (Å²) in [6.45, 7) is 10.1. The Morgan fingerprint density at radius 2 is 1.72 bits per heavy atom. The molecule has 0 unspecified atom stereocenters. The first-order valence-electron chi connectivity index (χ1n) is 6.99. The Hall–Kier alpha value is -0.860. The van der Waals surface area contributed by atoms with Gasteiger partial charge in [0, 0.05) is 12.0 Å². The average Bonchev–Trinajstić information content (AvgIpc) is 2.34. The minimum Gasteiger partial charge on any atom is -0.320 e. The van der Waals surface area contributed by atoms with E-state index in [4.69, 9.17) is 0 Å². The van der Waals surface area contributed by atoms with E-state index in [-0.39, 0.29) is 5.41 Å². The molecule has 0 bridgehead atoms. The molecule has 0 saturated heterocycles. The Bertz CT molecular complexity index is 345. The SMILES string of the molecule is CNCCCCNCC(C)(C)c1ccccc1C. The van der Waals surface area contributed by atoms with Crippen molar-refractivity contribution in [2.75, 3.05) is 26.7 Å². The molecule has 0 aliphatic heterocycles. The lowest BCUT2D eigenvalue weighted by Crippen LogP contribution is -2.34. The van der Waals surface area contributed by atoms with E-state index in [9.17, 15) is 0 Å². The highest BCUT2D eigenvalue weighted by Crippen LogP contribution is 2.25. The maximum atomic E-state index is 3.58. The summed E-state index contributed by atoms with van der Waals surface area (Å²) in [6.07, 6.45) is 2.49. The molecule has 1 aromatic carbocycles. The number of unbranched alkanes of at least 4 members (excludes halogenated alkanes) is 1. The van der Waals surface area contributed by atoms with Crippen LogP contribution in [0.3, 0.4) is 0 Å². The number of nitrogens with one attached hydrogen (secondary N) is 2. The molecule has 1 rings (SSSR count). The van der Waals surface area contributed by atoms with Crippen molar-refractivity contribution in [3.05, 3.63) is 35.4 Å². The van der Waals surface area contributed by atoms with Crippen LogP contribution in [-0.2, 0) is 5.41 Å². The lowest BCUT2D eigenvalue weighted by atomic mass is 9.82. The molecule has 2 N–H and O–H groups in total. The summed E-state index contributed by atoms with van der Waals surface area (Å²) in [5, 5.41) is 6.76. The Morgan fingerprint density at radius 3 is 2.39 bits per heavy atom. The molecular weight excluding hydrogens is 220 g/mol. The lowest BCUT2D eigenvalue weighted by molar-refractivity contribution is 0.460. The van der Waals surface area contributed by atoms with Gasteiger partial charge in [-0.15, -0.1) is 0 Å². The van der Waals surface area contributed by atoms with Crippen molar-refractivity contribution in [2.45, 2.75) is 39.0 Å².